The van der Waals surface area contributed by atoms with Crippen molar-refractivity contribution in [3.05, 3.63) is 48.6 Å². The maximum absolute atomic E-state index is 13.0. The lowest BCUT2D eigenvalue weighted by molar-refractivity contribution is -0.144. The monoisotopic (exact) mass is 373 g/mol. The molecule has 0 unspecified atom stereocenters. The summed E-state index contributed by atoms with van der Waals surface area (Å²) in [6.45, 7) is 3.81. The lowest BCUT2D eigenvalue weighted by atomic mass is 9.95. The SMILES string of the molecule is C=CCCCCC[C@H](CC(=O)O)C(=O)N1C(=O)OC[C@@H]1Cc1ccccc1. The van der Waals surface area contributed by atoms with Crippen LogP contribution in [0.3, 0.4) is 0 Å². The molecule has 1 saturated heterocycles. The number of benzene rings is 1. The molecule has 6 heteroatoms. The van der Waals surface area contributed by atoms with Gasteiger partial charge < -0.3 is 9.84 Å². The summed E-state index contributed by atoms with van der Waals surface area (Å²) < 4.78 is 5.09. The first-order chi connectivity index (χ1) is 13.0. The fourth-order valence-corrected chi connectivity index (χ4v) is 3.34. The molecule has 1 aromatic carbocycles. The molecule has 27 heavy (non-hydrogen) atoms. The number of rotatable bonds is 11. The van der Waals surface area contributed by atoms with Crippen LogP contribution in [-0.2, 0) is 20.7 Å². The van der Waals surface area contributed by atoms with Crippen LogP contribution < -0.4 is 0 Å². The highest BCUT2D eigenvalue weighted by Gasteiger charge is 2.41. The first-order valence-corrected chi connectivity index (χ1v) is 9.39. The number of unbranched alkanes of at least 4 members (excludes halogenated alkanes) is 3. The van der Waals surface area contributed by atoms with E-state index < -0.39 is 29.9 Å². The number of allylic oxidation sites excluding steroid dienone is 1. The highest BCUT2D eigenvalue weighted by atomic mass is 16.6. The van der Waals surface area contributed by atoms with E-state index in [2.05, 4.69) is 6.58 Å². The van der Waals surface area contributed by atoms with Crippen LogP contribution in [0.1, 0.15) is 44.1 Å². The molecule has 0 aliphatic carbocycles. The second-order valence-electron chi connectivity index (χ2n) is 6.85. The first kappa shape index (κ1) is 20.7. The third-order valence-electron chi connectivity index (χ3n) is 4.74. The van der Waals surface area contributed by atoms with Crippen molar-refractivity contribution in [2.24, 2.45) is 5.92 Å². The second-order valence-corrected chi connectivity index (χ2v) is 6.85. The van der Waals surface area contributed by atoms with E-state index >= 15 is 0 Å². The third kappa shape index (κ3) is 6.24. The first-order valence-electron chi connectivity index (χ1n) is 9.39. The fourth-order valence-electron chi connectivity index (χ4n) is 3.34. The molecule has 0 aromatic heterocycles. The van der Waals surface area contributed by atoms with Crippen molar-refractivity contribution in [3.63, 3.8) is 0 Å². The predicted octanol–water partition coefficient (Wildman–Crippen LogP) is 3.80. The summed E-state index contributed by atoms with van der Waals surface area (Å²) in [4.78, 5) is 37.5. The molecule has 0 radical (unpaired) electrons. The number of nitrogens with zero attached hydrogens (tertiary/aromatic N) is 1. The average molecular weight is 373 g/mol. The minimum Gasteiger partial charge on any atom is -0.481 e. The van der Waals surface area contributed by atoms with Crippen LogP contribution >= 0.6 is 0 Å². The highest BCUT2D eigenvalue weighted by Crippen LogP contribution is 2.24. The van der Waals surface area contributed by atoms with Gasteiger partial charge in [0.25, 0.3) is 0 Å². The number of carboxylic acid groups (broad SMARTS) is 1. The second kappa shape index (κ2) is 10.5. The molecule has 2 amide bonds. The molecular formula is C21H27NO5. The Kier molecular flexibility index (Phi) is 8.04. The van der Waals surface area contributed by atoms with Gasteiger partial charge >= 0.3 is 12.1 Å². The van der Waals surface area contributed by atoms with Crippen LogP contribution in [0.15, 0.2) is 43.0 Å². The summed E-state index contributed by atoms with van der Waals surface area (Å²) in [6.07, 6.45) is 5.33. The van der Waals surface area contributed by atoms with Crippen LogP contribution in [0.4, 0.5) is 4.79 Å². The topological polar surface area (TPSA) is 83.9 Å². The van der Waals surface area contributed by atoms with E-state index in [1.165, 1.54) is 0 Å². The average Bonchev–Trinajstić information content (AvgIpc) is 3.00. The number of aliphatic carboxylic acids is 1. The molecule has 0 saturated carbocycles. The van der Waals surface area contributed by atoms with Crippen molar-refractivity contribution >= 4 is 18.0 Å². The smallest absolute Gasteiger partial charge is 0.416 e. The molecule has 2 rings (SSSR count). The number of carbonyl (C=O) groups is 3. The molecule has 1 heterocycles. The summed E-state index contributed by atoms with van der Waals surface area (Å²) in [5.74, 6) is -2.19. The summed E-state index contributed by atoms with van der Waals surface area (Å²) in [6, 6.07) is 9.16. The Bertz CT molecular complexity index is 658. The van der Waals surface area contributed by atoms with Gasteiger partial charge in [0.1, 0.15) is 6.61 Å². The summed E-state index contributed by atoms with van der Waals surface area (Å²) in [5, 5.41) is 9.18. The van der Waals surface area contributed by atoms with Gasteiger partial charge in [-0.1, -0.05) is 49.2 Å². The van der Waals surface area contributed by atoms with Crippen molar-refractivity contribution in [1.82, 2.24) is 4.90 Å². The van der Waals surface area contributed by atoms with E-state index in [0.717, 1.165) is 36.1 Å². The van der Waals surface area contributed by atoms with Crippen LogP contribution in [0.5, 0.6) is 0 Å². The Morgan fingerprint density at radius 2 is 2.00 bits per heavy atom. The number of amides is 2. The van der Waals surface area contributed by atoms with E-state index in [1.807, 2.05) is 36.4 Å². The minimum atomic E-state index is -1.04. The Morgan fingerprint density at radius 3 is 2.67 bits per heavy atom. The molecule has 0 bridgehead atoms. The molecule has 0 spiro atoms. The van der Waals surface area contributed by atoms with Gasteiger partial charge in [0.05, 0.1) is 12.5 Å². The summed E-state index contributed by atoms with van der Waals surface area (Å²) in [5.41, 5.74) is 0.998. The quantitative estimate of drug-likeness (QED) is 0.471. The molecule has 1 aromatic rings. The lowest BCUT2D eigenvalue weighted by Crippen LogP contribution is -2.44. The van der Waals surface area contributed by atoms with Gasteiger partial charge in [-0.25, -0.2) is 9.69 Å². The lowest BCUT2D eigenvalue weighted by Gasteiger charge is -2.24. The minimum absolute atomic E-state index is 0.137. The molecule has 2 atom stereocenters. The van der Waals surface area contributed by atoms with Gasteiger partial charge in [-0.15, -0.1) is 6.58 Å². The molecule has 146 valence electrons. The van der Waals surface area contributed by atoms with Crippen LogP contribution in [0, 0.1) is 5.92 Å². The molecular weight excluding hydrogens is 346 g/mol. The van der Waals surface area contributed by atoms with Crippen LogP contribution in [0.2, 0.25) is 0 Å². The van der Waals surface area contributed by atoms with Crippen molar-refractivity contribution in [2.45, 2.75) is 51.0 Å². The van der Waals surface area contributed by atoms with Crippen molar-refractivity contribution < 1.29 is 24.2 Å². The van der Waals surface area contributed by atoms with Gasteiger partial charge in [0.2, 0.25) is 5.91 Å². The number of hydrogen-bond donors (Lipinski definition) is 1. The number of cyclic esters (lactones) is 1. The maximum Gasteiger partial charge on any atom is 0.416 e. The Balaban J connectivity index is 2.04. The van der Waals surface area contributed by atoms with Crippen molar-refractivity contribution in [1.29, 1.82) is 0 Å². The predicted molar refractivity (Wildman–Crippen MR) is 101 cm³/mol. The molecule has 1 aliphatic heterocycles. The zero-order chi connectivity index (χ0) is 19.6. The standard InChI is InChI=1S/C21H27NO5/c1-2-3-4-5-9-12-17(14-19(23)24)20(25)22-18(15-27-21(22)26)13-16-10-7-6-8-11-16/h2,6-8,10-11,17-18H,1,3-5,9,12-15H2,(H,23,24)/t17-,18+/m1/s1. The van der Waals surface area contributed by atoms with E-state index in [4.69, 9.17) is 4.74 Å². The van der Waals surface area contributed by atoms with E-state index in [0.29, 0.717) is 12.8 Å². The normalized spacial score (nSPS) is 17.4. The molecule has 6 nitrogen and oxygen atoms in total. The molecule has 1 fully saturated rings. The van der Waals surface area contributed by atoms with Gasteiger partial charge in [0, 0.05) is 5.92 Å². The Labute approximate surface area is 159 Å². The zero-order valence-electron chi connectivity index (χ0n) is 15.5. The number of hydrogen-bond acceptors (Lipinski definition) is 4. The van der Waals surface area contributed by atoms with Gasteiger partial charge in [-0.2, -0.15) is 0 Å². The summed E-state index contributed by atoms with van der Waals surface area (Å²) in [7, 11) is 0. The van der Waals surface area contributed by atoms with E-state index in [-0.39, 0.29) is 13.0 Å². The van der Waals surface area contributed by atoms with Crippen molar-refractivity contribution in [3.8, 4) is 0 Å². The molecule has 1 N–H and O–H groups in total. The summed E-state index contributed by atoms with van der Waals surface area (Å²) >= 11 is 0. The number of carboxylic acids is 1. The third-order valence-corrected chi connectivity index (χ3v) is 4.74. The zero-order valence-corrected chi connectivity index (χ0v) is 15.5. The van der Waals surface area contributed by atoms with Crippen LogP contribution in [-0.4, -0.2) is 40.6 Å². The fraction of sp³-hybridized carbons (Fsp3) is 0.476. The highest BCUT2D eigenvalue weighted by molar-refractivity contribution is 5.96. The number of ether oxygens (including phenoxy) is 1. The largest absolute Gasteiger partial charge is 0.481 e. The van der Waals surface area contributed by atoms with Gasteiger partial charge in [-0.05, 0) is 31.2 Å². The molecule has 1 aliphatic rings. The number of carbonyl (C=O) groups excluding carboxylic acids is 2. The van der Waals surface area contributed by atoms with Gasteiger partial charge in [-0.3, -0.25) is 9.59 Å². The van der Waals surface area contributed by atoms with Gasteiger partial charge in [0.15, 0.2) is 0 Å². The van der Waals surface area contributed by atoms with Crippen LogP contribution in [0.25, 0.3) is 0 Å². The maximum atomic E-state index is 13.0. The van der Waals surface area contributed by atoms with E-state index in [9.17, 15) is 19.5 Å². The van der Waals surface area contributed by atoms with Crippen molar-refractivity contribution in [2.75, 3.05) is 6.61 Å². The Hall–Kier alpha value is -2.63. The number of imide groups is 1. The van der Waals surface area contributed by atoms with E-state index in [1.54, 1.807) is 0 Å². The Morgan fingerprint density at radius 1 is 1.26 bits per heavy atom.